The number of halogens is 1. The van der Waals surface area contributed by atoms with Crippen molar-refractivity contribution in [3.05, 3.63) is 35.9 Å². The molecule has 1 fully saturated rings. The Labute approximate surface area is 117 Å². The highest BCUT2D eigenvalue weighted by Gasteiger charge is 2.45. The number of rotatable bonds is 5. The van der Waals surface area contributed by atoms with Crippen LogP contribution in [0.3, 0.4) is 0 Å². The van der Waals surface area contributed by atoms with Gasteiger partial charge in [-0.15, -0.1) is 0 Å². The molecule has 18 heavy (non-hydrogen) atoms. The molecule has 2 rings (SSSR count). The molecule has 2 nitrogen and oxygen atoms in total. The average Bonchev–Trinajstić information content (AvgIpc) is 3.20. The number of nitrogens with one attached hydrogen (secondary N) is 1. The minimum atomic E-state index is -0.124. The molecule has 1 aliphatic rings. The highest BCUT2D eigenvalue weighted by molar-refractivity contribution is 9.09. The van der Waals surface area contributed by atoms with Crippen LogP contribution in [0, 0.1) is 5.92 Å². The molecule has 98 valence electrons. The zero-order valence-electron chi connectivity index (χ0n) is 10.9. The third-order valence-corrected chi connectivity index (χ3v) is 5.09. The van der Waals surface area contributed by atoms with Crippen molar-refractivity contribution in [3.63, 3.8) is 0 Å². The van der Waals surface area contributed by atoms with Gasteiger partial charge in [0.05, 0.1) is 0 Å². The first-order valence-electron chi connectivity index (χ1n) is 6.52. The van der Waals surface area contributed by atoms with E-state index < -0.39 is 0 Å². The van der Waals surface area contributed by atoms with E-state index in [4.69, 9.17) is 0 Å². The van der Waals surface area contributed by atoms with Gasteiger partial charge in [-0.2, -0.15) is 0 Å². The molecule has 0 bridgehead atoms. The predicted molar refractivity (Wildman–Crippen MR) is 77.9 cm³/mol. The summed E-state index contributed by atoms with van der Waals surface area (Å²) in [4.78, 5) is 12.2. The molecule has 1 aliphatic carbocycles. The van der Waals surface area contributed by atoms with Crippen molar-refractivity contribution in [1.29, 1.82) is 0 Å². The second-order valence-corrected chi connectivity index (χ2v) is 5.96. The van der Waals surface area contributed by atoms with E-state index in [2.05, 4.69) is 47.2 Å². The molecule has 3 unspecified atom stereocenters. The van der Waals surface area contributed by atoms with Gasteiger partial charge in [-0.25, -0.2) is 0 Å². The predicted octanol–water partition coefficient (Wildman–Crippen LogP) is 3.47. The molecule has 1 N–H and O–H groups in total. The van der Waals surface area contributed by atoms with Crippen LogP contribution in [0.15, 0.2) is 30.3 Å². The number of carbonyl (C=O) groups excluding carboxylic acids is 1. The van der Waals surface area contributed by atoms with E-state index in [0.29, 0.717) is 5.92 Å². The Hall–Kier alpha value is -0.830. The van der Waals surface area contributed by atoms with Crippen LogP contribution in [0.25, 0.3) is 0 Å². The number of hydrogen-bond acceptors (Lipinski definition) is 1. The molecule has 3 atom stereocenters. The smallest absolute Gasteiger partial charge is 0.224 e. The molecule has 1 amide bonds. The number of carbonyl (C=O) groups is 1. The van der Waals surface area contributed by atoms with Crippen molar-refractivity contribution in [1.82, 2.24) is 5.32 Å². The van der Waals surface area contributed by atoms with Gasteiger partial charge in [-0.1, -0.05) is 53.2 Å². The molecule has 0 heterocycles. The van der Waals surface area contributed by atoms with E-state index >= 15 is 0 Å². The van der Waals surface area contributed by atoms with Gasteiger partial charge >= 0.3 is 0 Å². The second kappa shape index (κ2) is 5.43. The van der Waals surface area contributed by atoms with Gasteiger partial charge in [0.25, 0.3) is 0 Å². The summed E-state index contributed by atoms with van der Waals surface area (Å²) in [5, 5.41) is 3.97. The highest BCUT2D eigenvalue weighted by Crippen LogP contribution is 2.47. The molecule has 0 aliphatic heterocycles. The Morgan fingerprint density at radius 2 is 2.11 bits per heavy atom. The third-order valence-electron chi connectivity index (χ3n) is 3.86. The normalized spacial score (nSPS) is 25.3. The maximum absolute atomic E-state index is 12.2. The molecular weight excluding hydrogens is 290 g/mol. The second-order valence-electron chi connectivity index (χ2n) is 5.40. The Kier molecular flexibility index (Phi) is 4.10. The van der Waals surface area contributed by atoms with E-state index in [1.807, 2.05) is 18.2 Å². The fourth-order valence-corrected chi connectivity index (χ4v) is 2.70. The van der Waals surface area contributed by atoms with Gasteiger partial charge < -0.3 is 5.32 Å². The van der Waals surface area contributed by atoms with Crippen molar-refractivity contribution in [2.75, 3.05) is 5.33 Å². The quantitative estimate of drug-likeness (QED) is 0.829. The molecule has 1 aromatic carbocycles. The van der Waals surface area contributed by atoms with Crippen molar-refractivity contribution in [2.24, 2.45) is 5.92 Å². The Morgan fingerprint density at radius 1 is 1.44 bits per heavy atom. The molecular formula is C15H20BrNO. The van der Waals surface area contributed by atoms with Crippen molar-refractivity contribution < 1.29 is 4.79 Å². The monoisotopic (exact) mass is 309 g/mol. The van der Waals surface area contributed by atoms with E-state index in [1.165, 1.54) is 5.56 Å². The van der Waals surface area contributed by atoms with Crippen molar-refractivity contribution in [3.8, 4) is 0 Å². The lowest BCUT2D eigenvalue weighted by molar-refractivity contribution is -0.124. The van der Waals surface area contributed by atoms with Gasteiger partial charge in [-0.3, -0.25) is 4.79 Å². The van der Waals surface area contributed by atoms with Crippen LogP contribution in [0.1, 0.15) is 38.2 Å². The van der Waals surface area contributed by atoms with Crippen LogP contribution in [-0.2, 0) is 4.79 Å². The minimum Gasteiger partial charge on any atom is -0.350 e. The zero-order valence-corrected chi connectivity index (χ0v) is 12.5. The third kappa shape index (κ3) is 2.94. The summed E-state index contributed by atoms with van der Waals surface area (Å²) in [7, 11) is 0. The topological polar surface area (TPSA) is 29.1 Å². The first kappa shape index (κ1) is 13.6. The fourth-order valence-electron chi connectivity index (χ4n) is 2.16. The fraction of sp³-hybridized carbons (Fsp3) is 0.533. The molecule has 0 radical (unpaired) electrons. The van der Waals surface area contributed by atoms with Gasteiger partial charge in [0.1, 0.15) is 0 Å². The lowest BCUT2D eigenvalue weighted by Gasteiger charge is -2.27. The number of hydrogen-bond donors (Lipinski definition) is 1. The summed E-state index contributed by atoms with van der Waals surface area (Å²) in [5.41, 5.74) is 1.16. The van der Waals surface area contributed by atoms with Gasteiger partial charge in [-0.05, 0) is 31.2 Å². The molecule has 0 saturated heterocycles. The standard InChI is InChI=1S/C15H20BrNO/c1-3-15(2,10-16)17-14(18)13-9-12(13)11-7-5-4-6-8-11/h4-8,12-13H,3,9-10H2,1-2H3,(H,17,18). The van der Waals surface area contributed by atoms with E-state index in [9.17, 15) is 4.79 Å². The Bertz CT molecular complexity index is 414. The maximum atomic E-state index is 12.2. The molecule has 0 spiro atoms. The van der Waals surface area contributed by atoms with Gasteiger partial charge in [0.15, 0.2) is 0 Å². The number of benzene rings is 1. The molecule has 1 aromatic rings. The Balaban J connectivity index is 1.94. The SMILES string of the molecule is CCC(C)(CBr)NC(=O)C1CC1c1ccccc1. The number of amides is 1. The van der Waals surface area contributed by atoms with Crippen LogP contribution >= 0.6 is 15.9 Å². The minimum absolute atomic E-state index is 0.124. The van der Waals surface area contributed by atoms with E-state index in [1.54, 1.807) is 0 Å². The summed E-state index contributed by atoms with van der Waals surface area (Å²) in [6, 6.07) is 10.3. The molecule has 3 heteroatoms. The zero-order chi connectivity index (χ0) is 13.2. The molecule has 0 aromatic heterocycles. The first-order valence-corrected chi connectivity index (χ1v) is 7.64. The summed E-state index contributed by atoms with van der Waals surface area (Å²) in [6.07, 6.45) is 1.92. The highest BCUT2D eigenvalue weighted by atomic mass is 79.9. The Morgan fingerprint density at radius 3 is 2.67 bits per heavy atom. The summed E-state index contributed by atoms with van der Waals surface area (Å²) in [5.74, 6) is 0.785. The van der Waals surface area contributed by atoms with Crippen molar-refractivity contribution in [2.45, 2.75) is 38.1 Å². The summed E-state index contributed by atoms with van der Waals surface area (Å²) in [6.45, 7) is 4.18. The summed E-state index contributed by atoms with van der Waals surface area (Å²) < 4.78 is 0. The largest absolute Gasteiger partial charge is 0.350 e. The van der Waals surface area contributed by atoms with Gasteiger partial charge in [0, 0.05) is 16.8 Å². The lowest BCUT2D eigenvalue weighted by Crippen LogP contribution is -2.47. The summed E-state index contributed by atoms with van der Waals surface area (Å²) >= 11 is 3.48. The van der Waals surface area contributed by atoms with Gasteiger partial charge in [0.2, 0.25) is 5.91 Å². The lowest BCUT2D eigenvalue weighted by atomic mass is 10.0. The van der Waals surface area contributed by atoms with E-state index in [0.717, 1.165) is 18.2 Å². The first-order chi connectivity index (χ1) is 8.59. The van der Waals surface area contributed by atoms with Crippen molar-refractivity contribution >= 4 is 21.8 Å². The molecule has 1 saturated carbocycles. The maximum Gasteiger partial charge on any atom is 0.224 e. The van der Waals surface area contributed by atoms with Crippen LogP contribution in [0.2, 0.25) is 0 Å². The average molecular weight is 310 g/mol. The van der Waals surface area contributed by atoms with Crippen LogP contribution in [0.4, 0.5) is 0 Å². The van der Waals surface area contributed by atoms with Crippen LogP contribution < -0.4 is 5.32 Å². The van der Waals surface area contributed by atoms with Crippen LogP contribution in [-0.4, -0.2) is 16.8 Å². The van der Waals surface area contributed by atoms with Crippen LogP contribution in [0.5, 0.6) is 0 Å². The van der Waals surface area contributed by atoms with E-state index in [-0.39, 0.29) is 17.4 Å². The number of alkyl halides is 1.